The maximum Gasteiger partial charge on any atom is 0.327 e. The Hall–Kier alpha value is -1.28. The third-order valence-corrected chi connectivity index (χ3v) is 5.78. The van der Waals surface area contributed by atoms with Crippen LogP contribution in [0, 0.1) is 6.92 Å². The second-order valence-electron chi connectivity index (χ2n) is 4.76. The van der Waals surface area contributed by atoms with E-state index in [-0.39, 0.29) is 11.4 Å². The number of carboxylic acid groups (broad SMARTS) is 1. The molecule has 1 aromatic heterocycles. The monoisotopic (exact) mass is 329 g/mol. The lowest BCUT2D eigenvalue weighted by molar-refractivity contribution is -0.141. The number of nitrogens with one attached hydrogen (secondary N) is 1. The van der Waals surface area contributed by atoms with Gasteiger partial charge in [-0.3, -0.25) is 10.2 Å². The summed E-state index contributed by atoms with van der Waals surface area (Å²) in [7, 11) is 0. The van der Waals surface area contributed by atoms with Crippen molar-refractivity contribution in [2.24, 2.45) is 0 Å². The first-order chi connectivity index (χ1) is 9.97. The number of aromatic nitrogens is 1. The van der Waals surface area contributed by atoms with Crippen LogP contribution in [-0.4, -0.2) is 44.2 Å². The van der Waals surface area contributed by atoms with E-state index >= 15 is 0 Å². The zero-order valence-electron chi connectivity index (χ0n) is 12.3. The molecule has 8 heteroatoms. The van der Waals surface area contributed by atoms with Gasteiger partial charge < -0.3 is 5.11 Å². The zero-order valence-corrected chi connectivity index (χ0v) is 13.9. The Morgan fingerprint density at radius 1 is 1.48 bits per heavy atom. The average molecular weight is 329 g/mol. The van der Waals surface area contributed by atoms with Crippen LogP contribution < -0.4 is 5.32 Å². The Kier molecular flexibility index (Phi) is 5.10. The van der Waals surface area contributed by atoms with Crippen molar-refractivity contribution in [3.05, 3.63) is 10.6 Å². The standard InChI is InChI=1S/C13H19N3O3S2/c1-4-8-7(3)21-12(14-8)15-13(19)16-9(11(17)18)6-20-10(16)5-2/h9-10H,4-6H2,1-3H3,(H,17,18)(H,14,15,19). The van der Waals surface area contributed by atoms with E-state index < -0.39 is 12.0 Å². The van der Waals surface area contributed by atoms with E-state index in [2.05, 4.69) is 10.3 Å². The van der Waals surface area contributed by atoms with Gasteiger partial charge in [-0.25, -0.2) is 14.6 Å². The molecule has 0 saturated carbocycles. The highest BCUT2D eigenvalue weighted by Gasteiger charge is 2.41. The van der Waals surface area contributed by atoms with Gasteiger partial charge in [0.1, 0.15) is 6.04 Å². The number of nitrogens with zero attached hydrogens (tertiary/aromatic N) is 2. The number of urea groups is 1. The minimum absolute atomic E-state index is 0.0993. The zero-order chi connectivity index (χ0) is 15.6. The summed E-state index contributed by atoms with van der Waals surface area (Å²) < 4.78 is 0. The maximum absolute atomic E-state index is 12.4. The van der Waals surface area contributed by atoms with Gasteiger partial charge in [0.2, 0.25) is 0 Å². The van der Waals surface area contributed by atoms with E-state index in [1.54, 1.807) is 0 Å². The number of carbonyl (C=O) groups is 2. The molecule has 1 fully saturated rings. The number of rotatable bonds is 4. The first-order valence-electron chi connectivity index (χ1n) is 6.87. The van der Waals surface area contributed by atoms with Crippen LogP contribution in [-0.2, 0) is 11.2 Å². The lowest BCUT2D eigenvalue weighted by Crippen LogP contribution is -2.47. The van der Waals surface area contributed by atoms with Gasteiger partial charge >= 0.3 is 12.0 Å². The minimum Gasteiger partial charge on any atom is -0.480 e. The first-order valence-corrected chi connectivity index (χ1v) is 8.74. The van der Waals surface area contributed by atoms with E-state index in [1.165, 1.54) is 28.0 Å². The highest BCUT2D eigenvalue weighted by atomic mass is 32.2. The Morgan fingerprint density at radius 2 is 2.19 bits per heavy atom. The van der Waals surface area contributed by atoms with Crippen LogP contribution in [0.25, 0.3) is 0 Å². The largest absolute Gasteiger partial charge is 0.480 e. The highest BCUT2D eigenvalue weighted by molar-refractivity contribution is 8.00. The molecule has 1 aromatic rings. The number of amides is 2. The molecular weight excluding hydrogens is 310 g/mol. The number of thioether (sulfide) groups is 1. The van der Waals surface area contributed by atoms with Gasteiger partial charge in [-0.05, 0) is 19.8 Å². The van der Waals surface area contributed by atoms with Crippen molar-refractivity contribution in [2.45, 2.75) is 45.0 Å². The van der Waals surface area contributed by atoms with Crippen molar-refractivity contribution in [1.29, 1.82) is 0 Å². The summed E-state index contributed by atoms with van der Waals surface area (Å²) >= 11 is 2.93. The lowest BCUT2D eigenvalue weighted by Gasteiger charge is -2.26. The molecule has 21 heavy (non-hydrogen) atoms. The van der Waals surface area contributed by atoms with Crippen LogP contribution >= 0.6 is 23.1 Å². The molecule has 1 aliphatic heterocycles. The maximum atomic E-state index is 12.4. The van der Waals surface area contributed by atoms with Crippen molar-refractivity contribution < 1.29 is 14.7 Å². The Labute approximate surface area is 131 Å². The van der Waals surface area contributed by atoms with Crippen LogP contribution in [0.3, 0.4) is 0 Å². The summed E-state index contributed by atoms with van der Waals surface area (Å²) in [6, 6.07) is -1.15. The number of hydrogen-bond donors (Lipinski definition) is 2. The van der Waals surface area contributed by atoms with Gasteiger partial charge in [0.25, 0.3) is 0 Å². The molecule has 2 atom stereocenters. The number of aliphatic carboxylic acids is 1. The fraction of sp³-hybridized carbons (Fsp3) is 0.615. The van der Waals surface area contributed by atoms with E-state index in [1.807, 2.05) is 20.8 Å². The van der Waals surface area contributed by atoms with E-state index in [0.29, 0.717) is 10.9 Å². The molecule has 2 unspecified atom stereocenters. The summed E-state index contributed by atoms with van der Waals surface area (Å²) in [5.41, 5.74) is 0.966. The molecule has 2 rings (SSSR count). The summed E-state index contributed by atoms with van der Waals surface area (Å²) in [5.74, 6) is -0.531. The molecule has 0 aromatic carbocycles. The molecular formula is C13H19N3O3S2. The second-order valence-corrected chi connectivity index (χ2v) is 7.18. The Morgan fingerprint density at radius 3 is 2.71 bits per heavy atom. The third kappa shape index (κ3) is 3.32. The van der Waals surface area contributed by atoms with Crippen LogP contribution in [0.15, 0.2) is 0 Å². The van der Waals surface area contributed by atoms with E-state index in [4.69, 9.17) is 0 Å². The van der Waals surface area contributed by atoms with Crippen LogP contribution in [0.1, 0.15) is 30.8 Å². The van der Waals surface area contributed by atoms with Crippen molar-refractivity contribution in [3.8, 4) is 0 Å². The number of thiazole rings is 1. The number of carboxylic acids is 1. The summed E-state index contributed by atoms with van der Waals surface area (Å²) in [4.78, 5) is 30.6. The third-order valence-electron chi connectivity index (χ3n) is 3.40. The van der Waals surface area contributed by atoms with Crippen LogP contribution in [0.5, 0.6) is 0 Å². The minimum atomic E-state index is -0.960. The summed E-state index contributed by atoms with van der Waals surface area (Å²) in [6.45, 7) is 5.93. The molecule has 116 valence electrons. The molecule has 2 amide bonds. The molecule has 1 aliphatic rings. The van der Waals surface area contributed by atoms with Gasteiger partial charge in [0, 0.05) is 10.6 Å². The van der Waals surface area contributed by atoms with Gasteiger partial charge in [-0.15, -0.1) is 23.1 Å². The lowest BCUT2D eigenvalue weighted by atomic mass is 10.3. The Balaban J connectivity index is 2.14. The van der Waals surface area contributed by atoms with Crippen molar-refractivity contribution in [1.82, 2.24) is 9.88 Å². The van der Waals surface area contributed by atoms with Gasteiger partial charge in [0.05, 0.1) is 11.1 Å². The number of anilines is 1. The summed E-state index contributed by atoms with van der Waals surface area (Å²) in [5, 5.41) is 12.4. The highest BCUT2D eigenvalue weighted by Crippen LogP contribution is 2.32. The van der Waals surface area contributed by atoms with Crippen molar-refractivity contribution in [2.75, 3.05) is 11.1 Å². The van der Waals surface area contributed by atoms with Crippen LogP contribution in [0.2, 0.25) is 0 Å². The average Bonchev–Trinajstić information content (AvgIpc) is 3.01. The van der Waals surface area contributed by atoms with Crippen LogP contribution in [0.4, 0.5) is 9.93 Å². The molecule has 2 N–H and O–H groups in total. The fourth-order valence-electron chi connectivity index (χ4n) is 2.31. The van der Waals surface area contributed by atoms with E-state index in [0.717, 1.165) is 23.4 Å². The van der Waals surface area contributed by atoms with Gasteiger partial charge in [-0.2, -0.15) is 0 Å². The normalized spacial score (nSPS) is 21.6. The fourth-order valence-corrected chi connectivity index (χ4v) is 4.54. The number of aryl methyl sites for hydroxylation is 2. The molecule has 0 bridgehead atoms. The topological polar surface area (TPSA) is 82.5 Å². The summed E-state index contributed by atoms with van der Waals surface area (Å²) in [6.07, 6.45) is 1.53. The molecule has 0 aliphatic carbocycles. The molecule has 6 nitrogen and oxygen atoms in total. The predicted molar refractivity (Wildman–Crippen MR) is 85.0 cm³/mol. The van der Waals surface area contributed by atoms with Gasteiger partial charge in [0.15, 0.2) is 5.13 Å². The molecule has 0 radical (unpaired) electrons. The first kappa shape index (κ1) is 16.1. The van der Waals surface area contributed by atoms with E-state index in [9.17, 15) is 14.7 Å². The quantitative estimate of drug-likeness (QED) is 0.887. The molecule has 1 saturated heterocycles. The number of carbonyl (C=O) groups excluding carboxylic acids is 1. The number of hydrogen-bond acceptors (Lipinski definition) is 5. The molecule has 2 heterocycles. The molecule has 0 spiro atoms. The van der Waals surface area contributed by atoms with Crippen molar-refractivity contribution >= 4 is 40.2 Å². The smallest absolute Gasteiger partial charge is 0.327 e. The van der Waals surface area contributed by atoms with Crippen molar-refractivity contribution in [3.63, 3.8) is 0 Å². The SMILES string of the molecule is CCc1nc(NC(=O)N2C(CC)SCC2C(=O)O)sc1C. The van der Waals surface area contributed by atoms with Gasteiger partial charge in [-0.1, -0.05) is 13.8 Å². The second kappa shape index (κ2) is 6.65. The Bertz CT molecular complexity index is 547. The predicted octanol–water partition coefficient (Wildman–Crippen LogP) is 2.78.